The smallest absolute Gasteiger partial charge is 0.242 e. The normalized spacial score (nSPS) is 10.2. The zero-order valence-corrected chi connectivity index (χ0v) is 12.7. The molecule has 100 valence electrons. The van der Waals surface area contributed by atoms with Crippen molar-refractivity contribution in [2.24, 2.45) is 0 Å². The molecular formula is C13H20BrN3O. The second-order valence-corrected chi connectivity index (χ2v) is 4.99. The molecule has 0 aromatic heterocycles. The van der Waals surface area contributed by atoms with E-state index < -0.39 is 0 Å². The minimum atomic E-state index is 0.131. The SMILES string of the molecule is CCN(CC)C(=O)CN(C)c1ccc(N)cc1Br. The van der Waals surface area contributed by atoms with Crippen LogP contribution in [-0.4, -0.2) is 37.5 Å². The summed E-state index contributed by atoms with van der Waals surface area (Å²) in [5, 5.41) is 0. The molecule has 1 amide bonds. The molecule has 5 heteroatoms. The predicted molar refractivity (Wildman–Crippen MR) is 79.8 cm³/mol. The Kier molecular flexibility index (Phi) is 5.47. The monoisotopic (exact) mass is 313 g/mol. The summed E-state index contributed by atoms with van der Waals surface area (Å²) < 4.78 is 0.900. The molecule has 0 saturated heterocycles. The third-order valence-corrected chi connectivity index (χ3v) is 3.51. The van der Waals surface area contributed by atoms with E-state index in [2.05, 4.69) is 15.9 Å². The number of nitrogens with zero attached hydrogens (tertiary/aromatic N) is 2. The van der Waals surface area contributed by atoms with Gasteiger partial charge >= 0.3 is 0 Å². The molecule has 0 unspecified atom stereocenters. The van der Waals surface area contributed by atoms with Gasteiger partial charge in [-0.25, -0.2) is 0 Å². The summed E-state index contributed by atoms with van der Waals surface area (Å²) in [5.41, 5.74) is 7.36. The van der Waals surface area contributed by atoms with Crippen LogP contribution in [0.2, 0.25) is 0 Å². The lowest BCUT2D eigenvalue weighted by atomic mass is 10.2. The van der Waals surface area contributed by atoms with E-state index in [-0.39, 0.29) is 5.91 Å². The Morgan fingerprint density at radius 1 is 1.33 bits per heavy atom. The first kappa shape index (κ1) is 14.8. The average molecular weight is 314 g/mol. The molecule has 0 atom stereocenters. The Morgan fingerprint density at radius 2 is 1.94 bits per heavy atom. The number of rotatable bonds is 5. The number of benzene rings is 1. The molecule has 0 aliphatic carbocycles. The zero-order chi connectivity index (χ0) is 13.7. The van der Waals surface area contributed by atoms with Crippen molar-refractivity contribution in [2.45, 2.75) is 13.8 Å². The molecule has 4 nitrogen and oxygen atoms in total. The molecule has 2 N–H and O–H groups in total. The van der Waals surface area contributed by atoms with Gasteiger partial charge in [-0.2, -0.15) is 0 Å². The van der Waals surface area contributed by atoms with E-state index in [4.69, 9.17) is 5.73 Å². The summed E-state index contributed by atoms with van der Waals surface area (Å²) in [6.45, 7) is 5.82. The van der Waals surface area contributed by atoms with E-state index in [9.17, 15) is 4.79 Å². The molecule has 0 bridgehead atoms. The molecule has 0 aliphatic heterocycles. The van der Waals surface area contributed by atoms with Gasteiger partial charge in [0, 0.05) is 30.3 Å². The molecule has 0 fully saturated rings. The van der Waals surface area contributed by atoms with Crippen molar-refractivity contribution in [1.29, 1.82) is 0 Å². The Hall–Kier alpha value is -1.23. The fourth-order valence-corrected chi connectivity index (χ4v) is 2.50. The Labute approximate surface area is 117 Å². The minimum Gasteiger partial charge on any atom is -0.399 e. The van der Waals surface area contributed by atoms with Crippen molar-refractivity contribution >= 4 is 33.2 Å². The molecule has 0 radical (unpaired) electrons. The first-order valence-electron chi connectivity index (χ1n) is 6.03. The van der Waals surface area contributed by atoms with Crippen LogP contribution in [0.25, 0.3) is 0 Å². The maximum absolute atomic E-state index is 12.0. The summed E-state index contributed by atoms with van der Waals surface area (Å²) >= 11 is 3.46. The molecule has 1 aromatic rings. The van der Waals surface area contributed by atoms with Gasteiger partial charge < -0.3 is 15.5 Å². The maximum Gasteiger partial charge on any atom is 0.242 e. The van der Waals surface area contributed by atoms with Crippen LogP contribution in [0, 0.1) is 0 Å². The number of nitrogens with two attached hydrogens (primary N) is 1. The standard InChI is InChI=1S/C13H20BrN3O/c1-4-17(5-2)13(18)9-16(3)12-7-6-10(15)8-11(12)14/h6-8H,4-5,9,15H2,1-3H3. The minimum absolute atomic E-state index is 0.131. The number of carbonyl (C=O) groups excluding carboxylic acids is 1. The summed E-state index contributed by atoms with van der Waals surface area (Å²) in [7, 11) is 1.90. The van der Waals surface area contributed by atoms with E-state index >= 15 is 0 Å². The van der Waals surface area contributed by atoms with Crippen LogP contribution in [-0.2, 0) is 4.79 Å². The van der Waals surface area contributed by atoms with Crippen LogP contribution in [0.15, 0.2) is 22.7 Å². The third kappa shape index (κ3) is 3.63. The highest BCUT2D eigenvalue weighted by Crippen LogP contribution is 2.27. The summed E-state index contributed by atoms with van der Waals surface area (Å²) in [5.74, 6) is 0.131. The zero-order valence-electron chi connectivity index (χ0n) is 11.1. The van der Waals surface area contributed by atoms with Crippen LogP contribution >= 0.6 is 15.9 Å². The van der Waals surface area contributed by atoms with Crippen LogP contribution < -0.4 is 10.6 Å². The molecule has 0 spiro atoms. The highest BCUT2D eigenvalue weighted by Gasteiger charge is 2.14. The second-order valence-electron chi connectivity index (χ2n) is 4.13. The summed E-state index contributed by atoms with van der Waals surface area (Å²) in [6, 6.07) is 5.58. The number of amides is 1. The van der Waals surface area contributed by atoms with Gasteiger partial charge in [-0.15, -0.1) is 0 Å². The van der Waals surface area contributed by atoms with Crippen LogP contribution in [0.3, 0.4) is 0 Å². The fourth-order valence-electron chi connectivity index (χ4n) is 1.80. The third-order valence-electron chi connectivity index (χ3n) is 2.87. The van der Waals surface area contributed by atoms with Gasteiger partial charge in [0.05, 0.1) is 12.2 Å². The summed E-state index contributed by atoms with van der Waals surface area (Å²) in [6.07, 6.45) is 0. The first-order chi connectivity index (χ1) is 8.49. The number of halogens is 1. The summed E-state index contributed by atoms with van der Waals surface area (Å²) in [4.78, 5) is 15.8. The number of hydrogen-bond donors (Lipinski definition) is 1. The number of likely N-dealkylation sites (N-methyl/N-ethyl adjacent to an activating group) is 2. The van der Waals surface area contributed by atoms with Gasteiger partial charge in [0.25, 0.3) is 0 Å². The molecule has 0 heterocycles. The van der Waals surface area contributed by atoms with Crippen molar-refractivity contribution in [3.05, 3.63) is 22.7 Å². The highest BCUT2D eigenvalue weighted by atomic mass is 79.9. The topological polar surface area (TPSA) is 49.6 Å². The van der Waals surface area contributed by atoms with Crippen molar-refractivity contribution in [3.8, 4) is 0 Å². The van der Waals surface area contributed by atoms with Gasteiger partial charge in [-0.1, -0.05) is 0 Å². The van der Waals surface area contributed by atoms with Crippen LogP contribution in [0.4, 0.5) is 11.4 Å². The lowest BCUT2D eigenvalue weighted by Gasteiger charge is -2.25. The van der Waals surface area contributed by atoms with E-state index in [1.165, 1.54) is 0 Å². The van der Waals surface area contributed by atoms with Gasteiger partial charge in [0.15, 0.2) is 0 Å². The molecule has 0 aliphatic rings. The van der Waals surface area contributed by atoms with E-state index in [1.807, 2.05) is 48.9 Å². The van der Waals surface area contributed by atoms with Gasteiger partial charge in [0.2, 0.25) is 5.91 Å². The Morgan fingerprint density at radius 3 is 2.44 bits per heavy atom. The Bertz CT molecular complexity index is 419. The number of carbonyl (C=O) groups is 1. The van der Waals surface area contributed by atoms with Crippen molar-refractivity contribution in [1.82, 2.24) is 4.90 Å². The largest absolute Gasteiger partial charge is 0.399 e. The first-order valence-corrected chi connectivity index (χ1v) is 6.82. The molecule has 0 saturated carbocycles. The van der Waals surface area contributed by atoms with E-state index in [0.29, 0.717) is 12.2 Å². The quantitative estimate of drug-likeness (QED) is 0.849. The van der Waals surface area contributed by atoms with Gasteiger partial charge in [0.1, 0.15) is 0 Å². The van der Waals surface area contributed by atoms with Crippen molar-refractivity contribution < 1.29 is 4.79 Å². The number of hydrogen-bond acceptors (Lipinski definition) is 3. The molecule has 18 heavy (non-hydrogen) atoms. The van der Waals surface area contributed by atoms with E-state index in [0.717, 1.165) is 23.2 Å². The maximum atomic E-state index is 12.0. The van der Waals surface area contributed by atoms with Gasteiger partial charge in [-0.05, 0) is 48.0 Å². The fraction of sp³-hybridized carbons (Fsp3) is 0.462. The molecule has 1 rings (SSSR count). The lowest BCUT2D eigenvalue weighted by Crippen LogP contribution is -2.38. The molecule has 1 aromatic carbocycles. The molecular weight excluding hydrogens is 294 g/mol. The number of nitrogen functional groups attached to an aromatic ring is 1. The van der Waals surface area contributed by atoms with Crippen LogP contribution in [0.1, 0.15) is 13.8 Å². The number of anilines is 2. The van der Waals surface area contributed by atoms with Crippen molar-refractivity contribution in [2.75, 3.05) is 37.3 Å². The van der Waals surface area contributed by atoms with Gasteiger partial charge in [-0.3, -0.25) is 4.79 Å². The average Bonchev–Trinajstić information content (AvgIpc) is 2.30. The Balaban J connectivity index is 2.76. The lowest BCUT2D eigenvalue weighted by molar-refractivity contribution is -0.129. The predicted octanol–water partition coefficient (Wildman–Crippen LogP) is 2.34. The highest BCUT2D eigenvalue weighted by molar-refractivity contribution is 9.10. The van der Waals surface area contributed by atoms with Crippen molar-refractivity contribution in [3.63, 3.8) is 0 Å². The van der Waals surface area contributed by atoms with Crippen LogP contribution in [0.5, 0.6) is 0 Å². The van der Waals surface area contributed by atoms with E-state index in [1.54, 1.807) is 0 Å². The second kappa shape index (κ2) is 6.64.